The Hall–Kier alpha value is -2.08. The highest BCUT2D eigenvalue weighted by Crippen LogP contribution is 2.41. The smallest absolute Gasteiger partial charge is 0.240 e. The molecule has 0 amide bonds. The largest absolute Gasteiger partial charge is 0.486 e. The molecule has 0 radical (unpaired) electrons. The van der Waals surface area contributed by atoms with E-state index in [1.54, 1.807) is 0 Å². The van der Waals surface area contributed by atoms with E-state index in [0.29, 0.717) is 30.7 Å². The van der Waals surface area contributed by atoms with Gasteiger partial charge in [0.05, 0.1) is 12.1 Å². The fourth-order valence-electron chi connectivity index (χ4n) is 1.89. The average molecular weight is 247 g/mol. The van der Waals surface area contributed by atoms with Gasteiger partial charge in [0, 0.05) is 0 Å². The Bertz CT molecular complexity index is 580. The molecule has 0 saturated heterocycles. The Morgan fingerprint density at radius 2 is 2.00 bits per heavy atom. The number of ether oxygens (including phenoxy) is 2. The molecule has 0 saturated carbocycles. The molecular weight excluding hydrogens is 234 g/mol. The Morgan fingerprint density at radius 3 is 2.72 bits per heavy atom. The second-order valence-corrected chi connectivity index (χ2v) is 4.00. The van der Waals surface area contributed by atoms with Crippen LogP contribution in [0.5, 0.6) is 11.5 Å². The van der Waals surface area contributed by atoms with Crippen LogP contribution < -0.4 is 15.2 Å². The molecule has 0 aliphatic carbocycles. The first-order valence-corrected chi connectivity index (χ1v) is 5.72. The van der Waals surface area contributed by atoms with E-state index in [1.807, 2.05) is 19.1 Å². The molecule has 2 heterocycles. The van der Waals surface area contributed by atoms with E-state index in [0.717, 1.165) is 16.9 Å². The van der Waals surface area contributed by atoms with Gasteiger partial charge in [-0.25, -0.2) is 0 Å². The van der Waals surface area contributed by atoms with E-state index in [4.69, 9.17) is 19.7 Å². The number of nitrogens with zero attached hydrogens (tertiary/aromatic N) is 2. The quantitative estimate of drug-likeness (QED) is 0.860. The van der Waals surface area contributed by atoms with Crippen molar-refractivity contribution in [1.29, 1.82) is 0 Å². The van der Waals surface area contributed by atoms with Crippen LogP contribution in [0.3, 0.4) is 0 Å². The molecule has 1 aliphatic rings. The summed E-state index contributed by atoms with van der Waals surface area (Å²) in [6, 6.07) is 3.84. The van der Waals surface area contributed by atoms with E-state index < -0.39 is 0 Å². The maximum absolute atomic E-state index is 5.65. The SMILES string of the molecule is Cc1ccc(-c2noc(CN)n2)c2c1OCCO2. The lowest BCUT2D eigenvalue weighted by Crippen LogP contribution is -2.16. The molecule has 2 N–H and O–H groups in total. The van der Waals surface area contributed by atoms with Crippen molar-refractivity contribution in [3.05, 3.63) is 23.6 Å². The van der Waals surface area contributed by atoms with E-state index >= 15 is 0 Å². The van der Waals surface area contributed by atoms with Gasteiger partial charge in [-0.2, -0.15) is 4.98 Å². The van der Waals surface area contributed by atoms with Gasteiger partial charge in [0.25, 0.3) is 0 Å². The van der Waals surface area contributed by atoms with E-state index in [2.05, 4.69) is 10.1 Å². The highest BCUT2D eigenvalue weighted by Gasteiger charge is 2.22. The van der Waals surface area contributed by atoms with Gasteiger partial charge in [-0.05, 0) is 18.6 Å². The summed E-state index contributed by atoms with van der Waals surface area (Å²) in [6.45, 7) is 3.26. The number of benzene rings is 1. The Balaban J connectivity index is 2.11. The third-order valence-corrected chi connectivity index (χ3v) is 2.77. The maximum atomic E-state index is 5.65. The second kappa shape index (κ2) is 4.30. The number of fused-ring (bicyclic) bond motifs is 1. The molecule has 6 nitrogen and oxygen atoms in total. The van der Waals surface area contributed by atoms with Crippen molar-refractivity contribution in [1.82, 2.24) is 10.1 Å². The monoisotopic (exact) mass is 247 g/mol. The Morgan fingerprint density at radius 1 is 1.22 bits per heavy atom. The number of rotatable bonds is 2. The van der Waals surface area contributed by atoms with Crippen LogP contribution in [0.2, 0.25) is 0 Å². The van der Waals surface area contributed by atoms with Crippen LogP contribution in [0.15, 0.2) is 16.7 Å². The minimum absolute atomic E-state index is 0.221. The zero-order chi connectivity index (χ0) is 12.5. The molecule has 0 spiro atoms. The van der Waals surface area contributed by atoms with Gasteiger partial charge in [0.2, 0.25) is 11.7 Å². The van der Waals surface area contributed by atoms with Gasteiger partial charge in [0.1, 0.15) is 13.2 Å². The van der Waals surface area contributed by atoms with Crippen molar-refractivity contribution < 1.29 is 14.0 Å². The zero-order valence-corrected chi connectivity index (χ0v) is 9.97. The molecule has 0 bridgehead atoms. The highest BCUT2D eigenvalue weighted by atomic mass is 16.6. The lowest BCUT2D eigenvalue weighted by atomic mass is 10.1. The molecule has 1 aliphatic heterocycles. The van der Waals surface area contributed by atoms with Crippen LogP contribution >= 0.6 is 0 Å². The van der Waals surface area contributed by atoms with Crippen molar-refractivity contribution in [3.63, 3.8) is 0 Å². The summed E-state index contributed by atoms with van der Waals surface area (Å²) in [6.07, 6.45) is 0. The first kappa shape index (κ1) is 11.0. The van der Waals surface area contributed by atoms with Crippen molar-refractivity contribution >= 4 is 0 Å². The number of aryl methyl sites for hydroxylation is 1. The highest BCUT2D eigenvalue weighted by molar-refractivity contribution is 5.70. The topological polar surface area (TPSA) is 83.4 Å². The molecule has 0 unspecified atom stereocenters. The third kappa shape index (κ3) is 1.70. The molecular formula is C12H13N3O3. The summed E-state index contributed by atoms with van der Waals surface area (Å²) >= 11 is 0. The number of hydrogen-bond donors (Lipinski definition) is 1. The van der Waals surface area contributed by atoms with Gasteiger partial charge in [-0.1, -0.05) is 11.2 Å². The van der Waals surface area contributed by atoms with Gasteiger partial charge in [-0.3, -0.25) is 0 Å². The van der Waals surface area contributed by atoms with Crippen LogP contribution in [-0.2, 0) is 6.54 Å². The molecule has 0 atom stereocenters. The third-order valence-electron chi connectivity index (χ3n) is 2.77. The van der Waals surface area contributed by atoms with Crippen LogP contribution in [0.1, 0.15) is 11.5 Å². The van der Waals surface area contributed by atoms with Gasteiger partial charge >= 0.3 is 0 Å². The normalized spacial score (nSPS) is 13.7. The predicted molar refractivity (Wildman–Crippen MR) is 63.4 cm³/mol. The summed E-state index contributed by atoms with van der Waals surface area (Å²) in [7, 11) is 0. The van der Waals surface area contributed by atoms with Crippen molar-refractivity contribution in [2.24, 2.45) is 5.73 Å². The van der Waals surface area contributed by atoms with Gasteiger partial charge in [-0.15, -0.1) is 0 Å². The molecule has 1 aromatic heterocycles. The fraction of sp³-hybridized carbons (Fsp3) is 0.333. The standard InChI is InChI=1S/C12H13N3O3/c1-7-2-3-8(11-10(7)16-4-5-17-11)12-14-9(6-13)18-15-12/h2-3H,4-6,13H2,1H3. The van der Waals surface area contributed by atoms with E-state index in [1.165, 1.54) is 0 Å². The van der Waals surface area contributed by atoms with E-state index in [-0.39, 0.29) is 6.54 Å². The lowest BCUT2D eigenvalue weighted by molar-refractivity contribution is 0.171. The molecule has 2 aromatic rings. The van der Waals surface area contributed by atoms with Gasteiger partial charge in [0.15, 0.2) is 11.5 Å². The first-order valence-electron chi connectivity index (χ1n) is 5.72. The zero-order valence-electron chi connectivity index (χ0n) is 9.97. The predicted octanol–water partition coefficient (Wildman–Crippen LogP) is 1.27. The summed E-state index contributed by atoms with van der Waals surface area (Å²) in [5.41, 5.74) is 7.24. The Kier molecular flexibility index (Phi) is 2.64. The number of hydrogen-bond acceptors (Lipinski definition) is 6. The molecule has 3 rings (SSSR count). The van der Waals surface area contributed by atoms with Crippen LogP contribution in [0.25, 0.3) is 11.4 Å². The summed E-state index contributed by atoms with van der Waals surface area (Å²) < 4.78 is 16.3. The number of aromatic nitrogens is 2. The van der Waals surface area contributed by atoms with Crippen molar-refractivity contribution in [2.75, 3.05) is 13.2 Å². The van der Waals surface area contributed by atoms with Crippen LogP contribution in [0, 0.1) is 6.92 Å². The first-order chi connectivity index (χ1) is 8.79. The van der Waals surface area contributed by atoms with Crippen LogP contribution in [0.4, 0.5) is 0 Å². The minimum Gasteiger partial charge on any atom is -0.486 e. The van der Waals surface area contributed by atoms with E-state index in [9.17, 15) is 0 Å². The minimum atomic E-state index is 0.221. The van der Waals surface area contributed by atoms with Crippen molar-refractivity contribution in [2.45, 2.75) is 13.5 Å². The average Bonchev–Trinajstić information content (AvgIpc) is 2.88. The summed E-state index contributed by atoms with van der Waals surface area (Å²) in [5.74, 6) is 2.29. The molecule has 1 aromatic carbocycles. The molecule has 0 fully saturated rings. The van der Waals surface area contributed by atoms with Crippen LogP contribution in [-0.4, -0.2) is 23.4 Å². The van der Waals surface area contributed by atoms with Crippen molar-refractivity contribution in [3.8, 4) is 22.9 Å². The molecule has 94 valence electrons. The summed E-state index contributed by atoms with van der Waals surface area (Å²) in [4.78, 5) is 4.20. The maximum Gasteiger partial charge on any atom is 0.240 e. The summed E-state index contributed by atoms with van der Waals surface area (Å²) in [5, 5.41) is 3.89. The molecule has 6 heteroatoms. The second-order valence-electron chi connectivity index (χ2n) is 4.00. The van der Waals surface area contributed by atoms with Gasteiger partial charge < -0.3 is 19.7 Å². The Labute approximate surface area is 104 Å². The lowest BCUT2D eigenvalue weighted by Gasteiger charge is -2.21. The molecule has 18 heavy (non-hydrogen) atoms. The fourth-order valence-corrected chi connectivity index (χ4v) is 1.89. The number of nitrogens with two attached hydrogens (primary N) is 1.